The summed E-state index contributed by atoms with van der Waals surface area (Å²) in [6.07, 6.45) is 2.06. The number of rotatable bonds is 12. The van der Waals surface area contributed by atoms with Crippen LogP contribution in [-0.4, -0.2) is 75.5 Å². The summed E-state index contributed by atoms with van der Waals surface area (Å²) >= 11 is 2.00. The maximum atomic E-state index is 4.38. The lowest BCUT2D eigenvalue weighted by atomic mass is 10.4. The van der Waals surface area contributed by atoms with Crippen molar-refractivity contribution in [2.75, 3.05) is 63.9 Å². The topological polar surface area (TPSA) is 72.8 Å². The van der Waals surface area contributed by atoms with Crippen LogP contribution >= 0.6 is 11.8 Å². The first-order valence-electron chi connectivity index (χ1n) is 7.99. The molecular weight excluding hydrogens is 284 g/mol. The monoisotopic (exact) mass is 312 g/mol. The van der Waals surface area contributed by atoms with Gasteiger partial charge in [0.1, 0.15) is 0 Å². The van der Waals surface area contributed by atoms with E-state index in [0.29, 0.717) is 0 Å². The van der Waals surface area contributed by atoms with Crippen molar-refractivity contribution in [3.8, 4) is 0 Å². The molecule has 0 fully saturated rings. The fourth-order valence-corrected chi connectivity index (χ4v) is 3.06. The van der Waals surface area contributed by atoms with Gasteiger partial charge in [-0.1, -0.05) is 0 Å². The minimum absolute atomic E-state index is 0.946. The van der Waals surface area contributed by atoms with Crippen molar-refractivity contribution in [3.63, 3.8) is 0 Å². The van der Waals surface area contributed by atoms with E-state index in [1.807, 2.05) is 11.8 Å². The van der Waals surface area contributed by atoms with Gasteiger partial charge in [-0.15, -0.1) is 0 Å². The highest BCUT2D eigenvalue weighted by atomic mass is 32.2. The van der Waals surface area contributed by atoms with Crippen molar-refractivity contribution in [1.82, 2.24) is 21.3 Å². The van der Waals surface area contributed by atoms with Gasteiger partial charge in [-0.25, -0.2) is 0 Å². The van der Waals surface area contributed by atoms with Crippen molar-refractivity contribution in [2.24, 2.45) is 9.98 Å². The van der Waals surface area contributed by atoms with Crippen molar-refractivity contribution >= 4 is 23.4 Å². The summed E-state index contributed by atoms with van der Waals surface area (Å²) in [7, 11) is 0. The first kappa shape index (κ1) is 16.6. The van der Waals surface area contributed by atoms with E-state index in [1.165, 1.54) is 23.2 Å². The zero-order valence-electron chi connectivity index (χ0n) is 12.8. The minimum atomic E-state index is 0.946. The molecule has 0 bridgehead atoms. The first-order valence-corrected chi connectivity index (χ1v) is 9.14. The van der Waals surface area contributed by atoms with Crippen LogP contribution in [0.3, 0.4) is 0 Å². The summed E-state index contributed by atoms with van der Waals surface area (Å²) in [5.41, 5.74) is 0. The number of aliphatic imine (C=N–C) groups is 2. The van der Waals surface area contributed by atoms with E-state index in [-0.39, 0.29) is 0 Å². The van der Waals surface area contributed by atoms with Gasteiger partial charge in [0.2, 0.25) is 0 Å². The van der Waals surface area contributed by atoms with Gasteiger partial charge in [0.15, 0.2) is 0 Å². The van der Waals surface area contributed by atoms with Crippen LogP contribution in [0.5, 0.6) is 0 Å². The largest absolute Gasteiger partial charge is 0.372 e. The van der Waals surface area contributed by atoms with Crippen LogP contribution in [0.1, 0.15) is 12.8 Å². The molecule has 2 aliphatic rings. The predicted molar refractivity (Wildman–Crippen MR) is 92.9 cm³/mol. The Labute approximate surface area is 132 Å². The van der Waals surface area contributed by atoms with E-state index >= 15 is 0 Å². The van der Waals surface area contributed by atoms with Gasteiger partial charge in [0.25, 0.3) is 0 Å². The Morgan fingerprint density at radius 1 is 0.810 bits per heavy atom. The Balaban J connectivity index is 1.28. The molecule has 0 spiro atoms. The second-order valence-electron chi connectivity index (χ2n) is 5.12. The van der Waals surface area contributed by atoms with Gasteiger partial charge in [-0.2, -0.15) is 11.8 Å². The van der Waals surface area contributed by atoms with Crippen LogP contribution in [-0.2, 0) is 0 Å². The normalized spacial score (nSPS) is 17.3. The molecule has 0 aromatic rings. The quantitative estimate of drug-likeness (QED) is 0.372. The second-order valence-corrected chi connectivity index (χ2v) is 6.35. The molecule has 2 rings (SSSR count). The summed E-state index contributed by atoms with van der Waals surface area (Å²) in [5, 5.41) is 13.5. The highest BCUT2D eigenvalue weighted by Gasteiger charge is 2.04. The highest BCUT2D eigenvalue weighted by Crippen LogP contribution is 1.97. The van der Waals surface area contributed by atoms with Gasteiger partial charge >= 0.3 is 0 Å². The van der Waals surface area contributed by atoms with E-state index in [4.69, 9.17) is 0 Å². The van der Waals surface area contributed by atoms with Crippen LogP contribution < -0.4 is 21.3 Å². The Morgan fingerprint density at radius 2 is 1.33 bits per heavy atom. The molecule has 2 heterocycles. The molecule has 120 valence electrons. The lowest BCUT2D eigenvalue weighted by Gasteiger charge is -2.07. The van der Waals surface area contributed by atoms with E-state index < -0.39 is 0 Å². The van der Waals surface area contributed by atoms with Crippen LogP contribution in [0.25, 0.3) is 0 Å². The van der Waals surface area contributed by atoms with E-state index in [2.05, 4.69) is 31.3 Å². The number of hydrogen-bond acceptors (Lipinski definition) is 7. The number of thioether (sulfide) groups is 1. The van der Waals surface area contributed by atoms with Gasteiger partial charge in [-0.05, 0) is 0 Å². The molecule has 2 aliphatic heterocycles. The predicted octanol–water partition coefficient (Wildman–Crippen LogP) is -0.318. The maximum absolute atomic E-state index is 4.38. The van der Waals surface area contributed by atoms with E-state index in [0.717, 1.165) is 65.2 Å². The lowest BCUT2D eigenvalue weighted by Crippen LogP contribution is -2.27. The summed E-state index contributed by atoms with van der Waals surface area (Å²) in [4.78, 5) is 8.76. The third-order valence-electron chi connectivity index (χ3n) is 3.41. The van der Waals surface area contributed by atoms with E-state index in [9.17, 15) is 0 Å². The Morgan fingerprint density at radius 3 is 1.76 bits per heavy atom. The summed E-state index contributed by atoms with van der Waals surface area (Å²) < 4.78 is 0. The lowest BCUT2D eigenvalue weighted by molar-refractivity contribution is 0.729. The fourth-order valence-electron chi connectivity index (χ4n) is 2.28. The van der Waals surface area contributed by atoms with Crippen LogP contribution in [0, 0.1) is 0 Å². The summed E-state index contributed by atoms with van der Waals surface area (Å²) in [5.74, 6) is 4.69. The standard InChI is InChI=1S/C14H28N6S/c1(13-17-5-6-18-13)3-15-9-11-21-12-10-16-4-2-14-19-7-8-20-14/h15-16H,1-12H2,(H,17,18)(H,19,20). The minimum Gasteiger partial charge on any atom is -0.372 e. The molecule has 0 unspecified atom stereocenters. The molecule has 0 saturated carbocycles. The molecule has 6 nitrogen and oxygen atoms in total. The van der Waals surface area contributed by atoms with Gasteiger partial charge in [0, 0.05) is 63.6 Å². The number of hydrogen-bond donors (Lipinski definition) is 4. The number of nitrogens with one attached hydrogen (secondary N) is 4. The molecule has 0 atom stereocenters. The molecule has 0 aromatic carbocycles. The van der Waals surface area contributed by atoms with Crippen molar-refractivity contribution in [2.45, 2.75) is 12.8 Å². The van der Waals surface area contributed by atoms with Gasteiger partial charge < -0.3 is 21.3 Å². The fraction of sp³-hybridized carbons (Fsp3) is 0.857. The second kappa shape index (κ2) is 10.9. The molecule has 0 aromatic heterocycles. The third kappa shape index (κ3) is 7.68. The first-order chi connectivity index (χ1) is 10.4. The Hall–Kier alpha value is -0.790. The van der Waals surface area contributed by atoms with Crippen LogP contribution in [0.2, 0.25) is 0 Å². The van der Waals surface area contributed by atoms with Crippen molar-refractivity contribution in [1.29, 1.82) is 0 Å². The SMILES string of the molecule is C1CNC(CCNCCSCCNCCC2=NCCN2)=N1. The summed E-state index contributed by atoms with van der Waals surface area (Å²) in [6.45, 7) is 8.14. The molecule has 0 aliphatic carbocycles. The molecule has 0 radical (unpaired) electrons. The van der Waals surface area contributed by atoms with Crippen LogP contribution in [0.4, 0.5) is 0 Å². The highest BCUT2D eigenvalue weighted by molar-refractivity contribution is 7.99. The van der Waals surface area contributed by atoms with Crippen LogP contribution in [0.15, 0.2) is 9.98 Å². The zero-order valence-corrected chi connectivity index (χ0v) is 13.6. The number of amidine groups is 2. The Kier molecular flexibility index (Phi) is 8.58. The summed E-state index contributed by atoms with van der Waals surface area (Å²) in [6, 6.07) is 0. The zero-order chi connectivity index (χ0) is 14.6. The number of nitrogens with zero attached hydrogens (tertiary/aromatic N) is 2. The van der Waals surface area contributed by atoms with Crippen molar-refractivity contribution in [3.05, 3.63) is 0 Å². The average molecular weight is 312 g/mol. The molecule has 0 saturated heterocycles. The van der Waals surface area contributed by atoms with Crippen molar-refractivity contribution < 1.29 is 0 Å². The van der Waals surface area contributed by atoms with Gasteiger partial charge in [-0.3, -0.25) is 9.98 Å². The molecular formula is C14H28N6S. The molecule has 21 heavy (non-hydrogen) atoms. The molecule has 7 heteroatoms. The maximum Gasteiger partial charge on any atom is 0.0977 e. The Bertz CT molecular complexity index is 312. The average Bonchev–Trinajstić information content (AvgIpc) is 3.18. The smallest absolute Gasteiger partial charge is 0.0977 e. The third-order valence-corrected chi connectivity index (χ3v) is 4.40. The van der Waals surface area contributed by atoms with E-state index in [1.54, 1.807) is 0 Å². The van der Waals surface area contributed by atoms with Gasteiger partial charge in [0.05, 0.1) is 24.8 Å². The molecule has 4 N–H and O–H groups in total. The molecule has 0 amide bonds.